The van der Waals surface area contributed by atoms with Crippen molar-refractivity contribution in [3.05, 3.63) is 53.1 Å². The molecule has 2 rings (SSSR count). The first-order valence-electron chi connectivity index (χ1n) is 6.16. The third-order valence-corrected chi connectivity index (χ3v) is 4.57. The number of halogens is 3. The van der Waals surface area contributed by atoms with Crippen molar-refractivity contribution in [1.82, 2.24) is 0 Å². The number of hydrogen-bond donors (Lipinski definition) is 1. The minimum atomic E-state index is -4.29. The first-order valence-corrected chi connectivity index (χ1v) is 8.03. The quantitative estimate of drug-likeness (QED) is 0.922. The molecule has 118 valence electrons. The molecule has 2 aromatic carbocycles. The average molecular weight is 347 g/mol. The normalized spacial score (nSPS) is 11.3. The van der Waals surface area contributed by atoms with E-state index in [0.29, 0.717) is 10.7 Å². The second-order valence-electron chi connectivity index (χ2n) is 4.69. The molecule has 0 aliphatic carbocycles. The van der Waals surface area contributed by atoms with Crippen LogP contribution >= 0.6 is 11.6 Å². The molecular weight excluding hydrogens is 334 g/mol. The summed E-state index contributed by atoms with van der Waals surface area (Å²) in [4.78, 5) is 0.847. The van der Waals surface area contributed by atoms with Gasteiger partial charge < -0.3 is 4.90 Å². The van der Waals surface area contributed by atoms with Crippen molar-refractivity contribution in [2.75, 3.05) is 23.7 Å². The van der Waals surface area contributed by atoms with E-state index in [1.807, 2.05) is 0 Å². The van der Waals surface area contributed by atoms with Gasteiger partial charge in [-0.2, -0.15) is 0 Å². The van der Waals surface area contributed by atoms with Crippen molar-refractivity contribution >= 4 is 33.0 Å². The van der Waals surface area contributed by atoms with Crippen LogP contribution < -0.4 is 9.62 Å². The van der Waals surface area contributed by atoms with Crippen molar-refractivity contribution < 1.29 is 17.2 Å². The largest absolute Gasteiger partial charge is 0.375 e. The van der Waals surface area contributed by atoms with Crippen molar-refractivity contribution in [2.45, 2.75) is 4.90 Å². The molecule has 8 heteroatoms. The number of anilines is 2. The number of para-hydroxylation sites is 1. The molecule has 0 saturated heterocycles. The Morgan fingerprint density at radius 2 is 1.73 bits per heavy atom. The molecular formula is C14H13ClF2N2O2S. The first kappa shape index (κ1) is 16.5. The van der Waals surface area contributed by atoms with Gasteiger partial charge in [-0.25, -0.2) is 17.2 Å². The van der Waals surface area contributed by atoms with Crippen LogP contribution in [-0.2, 0) is 10.0 Å². The SMILES string of the molecule is CN(C)c1c(Cl)cccc1NS(=O)(=O)c1cccc(F)c1F. The Morgan fingerprint density at radius 1 is 1.09 bits per heavy atom. The minimum Gasteiger partial charge on any atom is -0.375 e. The van der Waals surface area contributed by atoms with Crippen LogP contribution in [-0.4, -0.2) is 22.5 Å². The molecule has 0 aromatic heterocycles. The van der Waals surface area contributed by atoms with Crippen molar-refractivity contribution in [2.24, 2.45) is 0 Å². The van der Waals surface area contributed by atoms with Crippen LogP contribution in [0.25, 0.3) is 0 Å². The van der Waals surface area contributed by atoms with E-state index in [0.717, 1.165) is 18.2 Å². The molecule has 0 atom stereocenters. The summed E-state index contributed by atoms with van der Waals surface area (Å²) in [7, 11) is -0.925. The van der Waals surface area contributed by atoms with Crippen LogP contribution in [0.5, 0.6) is 0 Å². The smallest absolute Gasteiger partial charge is 0.264 e. The van der Waals surface area contributed by atoms with Crippen molar-refractivity contribution in [3.63, 3.8) is 0 Å². The third kappa shape index (κ3) is 3.15. The van der Waals surface area contributed by atoms with Gasteiger partial charge in [0.05, 0.1) is 16.4 Å². The van der Waals surface area contributed by atoms with Gasteiger partial charge in [-0.1, -0.05) is 23.7 Å². The highest BCUT2D eigenvalue weighted by atomic mass is 35.5. The molecule has 0 fully saturated rings. The second kappa shape index (κ2) is 6.10. The lowest BCUT2D eigenvalue weighted by molar-refractivity contribution is 0.485. The van der Waals surface area contributed by atoms with E-state index in [2.05, 4.69) is 4.72 Å². The minimum absolute atomic E-state index is 0.168. The van der Waals surface area contributed by atoms with Gasteiger partial charge in [-0.15, -0.1) is 0 Å². The van der Waals surface area contributed by atoms with Gasteiger partial charge in [0, 0.05) is 14.1 Å². The van der Waals surface area contributed by atoms with E-state index < -0.39 is 26.6 Å². The van der Waals surface area contributed by atoms with Crippen LogP contribution in [0.3, 0.4) is 0 Å². The number of benzene rings is 2. The molecule has 0 unspecified atom stereocenters. The number of sulfonamides is 1. The van der Waals surface area contributed by atoms with E-state index in [1.54, 1.807) is 31.1 Å². The third-order valence-electron chi connectivity index (χ3n) is 2.88. The zero-order chi connectivity index (χ0) is 16.5. The highest BCUT2D eigenvalue weighted by Gasteiger charge is 2.23. The molecule has 22 heavy (non-hydrogen) atoms. The molecule has 0 spiro atoms. The Morgan fingerprint density at radius 3 is 2.36 bits per heavy atom. The maximum atomic E-state index is 13.7. The van der Waals surface area contributed by atoms with Crippen LogP contribution in [0, 0.1) is 11.6 Å². The Hall–Kier alpha value is -1.86. The Bertz CT molecular complexity index is 810. The van der Waals surface area contributed by atoms with E-state index in [4.69, 9.17) is 11.6 Å². The highest BCUT2D eigenvalue weighted by molar-refractivity contribution is 7.92. The maximum absolute atomic E-state index is 13.7. The fraction of sp³-hybridized carbons (Fsp3) is 0.143. The lowest BCUT2D eigenvalue weighted by Crippen LogP contribution is -2.18. The lowest BCUT2D eigenvalue weighted by atomic mass is 10.2. The van der Waals surface area contributed by atoms with Gasteiger partial charge in [0.25, 0.3) is 10.0 Å². The molecule has 0 aliphatic heterocycles. The lowest BCUT2D eigenvalue weighted by Gasteiger charge is -2.20. The summed E-state index contributed by atoms with van der Waals surface area (Å²) in [5.74, 6) is -2.66. The predicted octanol–water partition coefficient (Wildman–Crippen LogP) is 3.49. The summed E-state index contributed by atoms with van der Waals surface area (Å²) in [6, 6.07) is 7.58. The Balaban J connectivity index is 2.51. The molecule has 0 bridgehead atoms. The summed E-state index contributed by atoms with van der Waals surface area (Å²) >= 11 is 6.05. The van der Waals surface area contributed by atoms with E-state index >= 15 is 0 Å². The molecule has 0 amide bonds. The van der Waals surface area contributed by atoms with Crippen LogP contribution in [0.2, 0.25) is 5.02 Å². The summed E-state index contributed by atoms with van der Waals surface area (Å²) in [6.07, 6.45) is 0. The van der Waals surface area contributed by atoms with Gasteiger partial charge in [0.1, 0.15) is 4.90 Å². The van der Waals surface area contributed by atoms with Gasteiger partial charge in [-0.3, -0.25) is 4.72 Å². The van der Waals surface area contributed by atoms with Crippen LogP contribution in [0.15, 0.2) is 41.3 Å². The zero-order valence-electron chi connectivity index (χ0n) is 11.8. The number of nitrogens with zero attached hydrogens (tertiary/aromatic N) is 1. The van der Waals surface area contributed by atoms with Gasteiger partial charge in [-0.05, 0) is 24.3 Å². The summed E-state index contributed by atoms with van der Waals surface area (Å²) in [6.45, 7) is 0. The Kier molecular flexibility index (Phi) is 4.58. The van der Waals surface area contributed by atoms with Crippen LogP contribution in [0.4, 0.5) is 20.2 Å². The van der Waals surface area contributed by atoms with E-state index in [9.17, 15) is 17.2 Å². The fourth-order valence-electron chi connectivity index (χ4n) is 1.94. The summed E-state index contributed by atoms with van der Waals surface area (Å²) < 4.78 is 53.7. The maximum Gasteiger partial charge on any atom is 0.264 e. The predicted molar refractivity (Wildman–Crippen MR) is 82.9 cm³/mol. The Labute approximate surface area is 132 Å². The molecule has 0 aliphatic rings. The van der Waals surface area contributed by atoms with Crippen molar-refractivity contribution in [1.29, 1.82) is 0 Å². The van der Waals surface area contributed by atoms with Crippen molar-refractivity contribution in [3.8, 4) is 0 Å². The highest BCUT2D eigenvalue weighted by Crippen LogP contribution is 2.34. The first-order chi connectivity index (χ1) is 10.2. The number of nitrogens with one attached hydrogen (secondary N) is 1. The average Bonchev–Trinajstić information content (AvgIpc) is 2.40. The molecule has 4 nitrogen and oxygen atoms in total. The molecule has 0 saturated carbocycles. The van der Waals surface area contributed by atoms with Gasteiger partial charge in [0.15, 0.2) is 11.6 Å². The summed E-state index contributed by atoms with van der Waals surface area (Å²) in [5, 5.41) is 0.324. The number of rotatable bonds is 4. The molecule has 0 heterocycles. The zero-order valence-corrected chi connectivity index (χ0v) is 13.3. The monoisotopic (exact) mass is 346 g/mol. The van der Waals surface area contributed by atoms with E-state index in [1.165, 1.54) is 6.07 Å². The molecule has 1 N–H and O–H groups in total. The van der Waals surface area contributed by atoms with E-state index in [-0.39, 0.29) is 5.69 Å². The van der Waals surface area contributed by atoms with Crippen LogP contribution in [0.1, 0.15) is 0 Å². The standard InChI is InChI=1S/C14H13ClF2N2O2S/c1-19(2)14-9(15)5-3-7-11(14)18-22(20,21)12-8-4-6-10(16)13(12)17/h3-8,18H,1-2H3. The van der Waals surface area contributed by atoms with Gasteiger partial charge >= 0.3 is 0 Å². The topological polar surface area (TPSA) is 49.4 Å². The second-order valence-corrected chi connectivity index (χ2v) is 6.75. The van der Waals surface area contributed by atoms with Gasteiger partial charge in [0.2, 0.25) is 0 Å². The molecule has 0 radical (unpaired) electrons. The summed E-state index contributed by atoms with van der Waals surface area (Å²) in [5.41, 5.74) is 0.589. The number of hydrogen-bond acceptors (Lipinski definition) is 3. The molecule has 2 aromatic rings. The fourth-order valence-corrected chi connectivity index (χ4v) is 3.44.